The number of halogens is 1. The highest BCUT2D eigenvalue weighted by Gasteiger charge is 2.30. The van der Waals surface area contributed by atoms with Crippen molar-refractivity contribution in [2.45, 2.75) is 46.6 Å². The zero-order chi connectivity index (χ0) is 14.9. The van der Waals surface area contributed by atoms with Gasteiger partial charge >= 0.3 is 0 Å². The molecular weight excluding hydrogens is 251 g/mol. The molecule has 1 fully saturated rings. The minimum absolute atomic E-state index is 0.138. The summed E-state index contributed by atoms with van der Waals surface area (Å²) in [6, 6.07) is 5.09. The Balaban J connectivity index is 2.19. The minimum atomic E-state index is -0.144. The number of anilines is 1. The van der Waals surface area contributed by atoms with Crippen LogP contribution in [0.15, 0.2) is 18.2 Å². The van der Waals surface area contributed by atoms with E-state index in [1.807, 2.05) is 13.0 Å². The van der Waals surface area contributed by atoms with Crippen LogP contribution in [-0.4, -0.2) is 13.1 Å². The van der Waals surface area contributed by atoms with E-state index in [1.165, 1.54) is 6.07 Å². The van der Waals surface area contributed by atoms with Gasteiger partial charge in [-0.25, -0.2) is 4.39 Å². The molecule has 112 valence electrons. The topological polar surface area (TPSA) is 29.3 Å². The van der Waals surface area contributed by atoms with Crippen LogP contribution < -0.4 is 10.6 Å². The summed E-state index contributed by atoms with van der Waals surface area (Å²) in [6.45, 7) is 10.6. The van der Waals surface area contributed by atoms with Gasteiger partial charge in [-0.2, -0.15) is 0 Å². The van der Waals surface area contributed by atoms with Gasteiger partial charge in [0.05, 0.1) is 5.69 Å². The maximum absolute atomic E-state index is 14.2. The molecule has 0 aromatic heterocycles. The molecule has 0 bridgehead atoms. The van der Waals surface area contributed by atoms with Crippen LogP contribution >= 0.6 is 0 Å². The van der Waals surface area contributed by atoms with Crippen molar-refractivity contribution in [3.05, 3.63) is 29.6 Å². The van der Waals surface area contributed by atoms with Crippen molar-refractivity contribution in [1.29, 1.82) is 0 Å². The summed E-state index contributed by atoms with van der Waals surface area (Å²) in [4.78, 5) is 2.18. The highest BCUT2D eigenvalue weighted by molar-refractivity contribution is 5.56. The SMILES string of the molecule is C[C@H](N)c1cccc(F)c1N1CCC(C(C)(C)C)CC1. The first-order valence-electron chi connectivity index (χ1n) is 7.59. The molecule has 0 unspecified atom stereocenters. The van der Waals surface area contributed by atoms with E-state index in [-0.39, 0.29) is 11.9 Å². The van der Waals surface area contributed by atoms with E-state index in [4.69, 9.17) is 5.73 Å². The van der Waals surface area contributed by atoms with Crippen molar-refractivity contribution in [1.82, 2.24) is 0 Å². The summed E-state index contributed by atoms with van der Waals surface area (Å²) in [5.74, 6) is 0.568. The number of hydrogen-bond acceptors (Lipinski definition) is 2. The number of para-hydroxylation sites is 1. The molecule has 2 rings (SSSR count). The highest BCUT2D eigenvalue weighted by atomic mass is 19.1. The normalized spacial score (nSPS) is 19.2. The van der Waals surface area contributed by atoms with Gasteiger partial charge in [0.15, 0.2) is 0 Å². The Morgan fingerprint density at radius 3 is 2.35 bits per heavy atom. The van der Waals surface area contributed by atoms with Crippen molar-refractivity contribution in [3.63, 3.8) is 0 Å². The molecule has 1 aromatic rings. The van der Waals surface area contributed by atoms with Gasteiger partial charge in [0.25, 0.3) is 0 Å². The third-order valence-corrected chi connectivity index (χ3v) is 4.54. The molecular formula is C17H27FN2. The quantitative estimate of drug-likeness (QED) is 0.882. The molecule has 1 aromatic carbocycles. The summed E-state index contributed by atoms with van der Waals surface area (Å²) in [7, 11) is 0. The maximum Gasteiger partial charge on any atom is 0.146 e. The highest BCUT2D eigenvalue weighted by Crippen LogP contribution is 2.37. The van der Waals surface area contributed by atoms with Crippen molar-refractivity contribution in [3.8, 4) is 0 Å². The van der Waals surface area contributed by atoms with E-state index in [1.54, 1.807) is 6.07 Å². The average molecular weight is 278 g/mol. The van der Waals surface area contributed by atoms with Gasteiger partial charge in [-0.3, -0.25) is 0 Å². The average Bonchev–Trinajstić information content (AvgIpc) is 2.37. The molecule has 2 N–H and O–H groups in total. The lowest BCUT2D eigenvalue weighted by molar-refractivity contribution is 0.198. The standard InChI is InChI=1S/C17H27FN2/c1-12(19)14-6-5-7-15(18)16(14)20-10-8-13(9-11-20)17(2,3)4/h5-7,12-13H,8-11,19H2,1-4H3/t12-/m0/s1. The van der Waals surface area contributed by atoms with Crippen LogP contribution in [0.4, 0.5) is 10.1 Å². The Kier molecular flexibility index (Phi) is 4.38. The van der Waals surface area contributed by atoms with Crippen LogP contribution in [0.1, 0.15) is 52.1 Å². The summed E-state index contributed by atoms with van der Waals surface area (Å²) in [5.41, 5.74) is 7.97. The van der Waals surface area contributed by atoms with Gasteiger partial charge in [-0.15, -0.1) is 0 Å². The lowest BCUT2D eigenvalue weighted by Gasteiger charge is -2.40. The molecule has 0 saturated carbocycles. The molecule has 0 aliphatic carbocycles. The van der Waals surface area contributed by atoms with E-state index >= 15 is 0 Å². The van der Waals surface area contributed by atoms with Gasteiger partial charge in [0, 0.05) is 19.1 Å². The molecule has 0 spiro atoms. The zero-order valence-corrected chi connectivity index (χ0v) is 13.1. The van der Waals surface area contributed by atoms with Crippen molar-refractivity contribution in [2.75, 3.05) is 18.0 Å². The molecule has 0 amide bonds. The first-order chi connectivity index (χ1) is 9.30. The Labute approximate surface area is 122 Å². The van der Waals surface area contributed by atoms with Crippen LogP contribution in [0, 0.1) is 17.2 Å². The summed E-state index contributed by atoms with van der Waals surface area (Å²) in [6.07, 6.45) is 2.24. The number of nitrogens with two attached hydrogens (primary N) is 1. The maximum atomic E-state index is 14.2. The third kappa shape index (κ3) is 3.14. The Morgan fingerprint density at radius 1 is 1.25 bits per heavy atom. The minimum Gasteiger partial charge on any atom is -0.369 e. The molecule has 1 aliphatic rings. The second kappa shape index (κ2) is 5.72. The Bertz CT molecular complexity index is 455. The smallest absolute Gasteiger partial charge is 0.146 e. The fraction of sp³-hybridized carbons (Fsp3) is 0.647. The van der Waals surface area contributed by atoms with Crippen LogP contribution in [0.2, 0.25) is 0 Å². The first kappa shape index (κ1) is 15.3. The number of nitrogens with zero attached hydrogens (tertiary/aromatic N) is 1. The summed E-state index contributed by atoms with van der Waals surface area (Å²) < 4.78 is 14.2. The molecule has 1 atom stereocenters. The van der Waals surface area contributed by atoms with Crippen molar-refractivity contribution in [2.24, 2.45) is 17.1 Å². The molecule has 1 saturated heterocycles. The van der Waals surface area contributed by atoms with Crippen LogP contribution in [0.5, 0.6) is 0 Å². The second-order valence-corrected chi connectivity index (χ2v) is 7.09. The molecule has 0 radical (unpaired) electrons. The summed E-state index contributed by atoms with van der Waals surface area (Å²) in [5, 5.41) is 0. The van der Waals surface area contributed by atoms with Crippen molar-refractivity contribution < 1.29 is 4.39 Å². The van der Waals surface area contributed by atoms with Crippen LogP contribution in [0.3, 0.4) is 0 Å². The Hall–Kier alpha value is -1.09. The fourth-order valence-corrected chi connectivity index (χ4v) is 3.20. The van der Waals surface area contributed by atoms with E-state index in [0.717, 1.165) is 37.2 Å². The van der Waals surface area contributed by atoms with Crippen molar-refractivity contribution >= 4 is 5.69 Å². The van der Waals surface area contributed by atoms with Gasteiger partial charge in [-0.1, -0.05) is 32.9 Å². The van der Waals surface area contributed by atoms with Gasteiger partial charge in [0.1, 0.15) is 5.82 Å². The van der Waals surface area contributed by atoms with Crippen LogP contribution in [-0.2, 0) is 0 Å². The van der Waals surface area contributed by atoms with Gasteiger partial charge < -0.3 is 10.6 Å². The molecule has 3 heteroatoms. The second-order valence-electron chi connectivity index (χ2n) is 7.09. The number of benzene rings is 1. The first-order valence-corrected chi connectivity index (χ1v) is 7.59. The number of piperidine rings is 1. The monoisotopic (exact) mass is 278 g/mol. The number of rotatable bonds is 2. The van der Waals surface area contributed by atoms with E-state index in [9.17, 15) is 4.39 Å². The molecule has 2 nitrogen and oxygen atoms in total. The third-order valence-electron chi connectivity index (χ3n) is 4.54. The predicted molar refractivity (Wildman–Crippen MR) is 83.4 cm³/mol. The largest absolute Gasteiger partial charge is 0.369 e. The van der Waals surface area contributed by atoms with E-state index < -0.39 is 0 Å². The fourth-order valence-electron chi connectivity index (χ4n) is 3.20. The van der Waals surface area contributed by atoms with E-state index in [2.05, 4.69) is 25.7 Å². The Morgan fingerprint density at radius 2 is 1.85 bits per heavy atom. The molecule has 1 heterocycles. The van der Waals surface area contributed by atoms with Crippen LogP contribution in [0.25, 0.3) is 0 Å². The lowest BCUT2D eigenvalue weighted by Crippen LogP contribution is -2.39. The lowest BCUT2D eigenvalue weighted by atomic mass is 9.75. The number of hydrogen-bond donors (Lipinski definition) is 1. The van der Waals surface area contributed by atoms with E-state index in [0.29, 0.717) is 11.3 Å². The zero-order valence-electron chi connectivity index (χ0n) is 13.1. The molecule has 1 aliphatic heterocycles. The van der Waals surface area contributed by atoms with Gasteiger partial charge in [0.2, 0.25) is 0 Å². The van der Waals surface area contributed by atoms with Gasteiger partial charge in [-0.05, 0) is 42.7 Å². The molecule has 20 heavy (non-hydrogen) atoms. The summed E-state index contributed by atoms with van der Waals surface area (Å²) >= 11 is 0. The predicted octanol–water partition coefficient (Wildman–Crippen LogP) is 4.11.